The van der Waals surface area contributed by atoms with Gasteiger partial charge < -0.3 is 5.11 Å². The zero-order chi connectivity index (χ0) is 14.1. The first-order chi connectivity index (χ1) is 9.11. The van der Waals surface area contributed by atoms with Gasteiger partial charge in [-0.25, -0.2) is 0 Å². The van der Waals surface area contributed by atoms with Crippen molar-refractivity contribution < 1.29 is 5.11 Å². The summed E-state index contributed by atoms with van der Waals surface area (Å²) in [5, 5.41) is 9.10. The van der Waals surface area contributed by atoms with Crippen molar-refractivity contribution in [1.29, 1.82) is 0 Å². The third kappa shape index (κ3) is 7.37. The van der Waals surface area contributed by atoms with Crippen LogP contribution in [0.5, 0.6) is 0 Å². The zero-order valence-electron chi connectivity index (χ0n) is 12.9. The summed E-state index contributed by atoms with van der Waals surface area (Å²) in [6.45, 7) is 6.92. The summed E-state index contributed by atoms with van der Waals surface area (Å²) in [6, 6.07) is 0. The van der Waals surface area contributed by atoms with Gasteiger partial charge in [0.2, 0.25) is 0 Å². The summed E-state index contributed by atoms with van der Waals surface area (Å²) in [5.74, 6) is 0.519. The highest BCUT2D eigenvalue weighted by molar-refractivity contribution is 5.09. The van der Waals surface area contributed by atoms with Gasteiger partial charge in [0, 0.05) is 6.61 Å². The number of aliphatic hydroxyl groups excluding tert-OH is 1. The van der Waals surface area contributed by atoms with Gasteiger partial charge in [0.05, 0.1) is 0 Å². The van der Waals surface area contributed by atoms with Gasteiger partial charge in [-0.1, -0.05) is 34.9 Å². The fourth-order valence-corrected chi connectivity index (χ4v) is 2.53. The minimum atomic E-state index is 0.354. The van der Waals surface area contributed by atoms with E-state index in [0.29, 0.717) is 12.5 Å². The Bertz CT molecular complexity index is 343. The largest absolute Gasteiger partial charge is 0.396 e. The molecule has 0 bridgehead atoms. The number of hydrogen-bond acceptors (Lipinski definition) is 1. The Balaban J connectivity index is 2.22. The van der Waals surface area contributed by atoms with Crippen LogP contribution in [-0.2, 0) is 0 Å². The van der Waals surface area contributed by atoms with E-state index in [1.165, 1.54) is 49.7 Å². The van der Waals surface area contributed by atoms with Gasteiger partial charge >= 0.3 is 0 Å². The van der Waals surface area contributed by atoms with Gasteiger partial charge in [-0.05, 0) is 71.6 Å². The van der Waals surface area contributed by atoms with E-state index < -0.39 is 0 Å². The molecule has 1 unspecified atom stereocenters. The molecule has 0 fully saturated rings. The van der Waals surface area contributed by atoms with Crippen LogP contribution in [0.1, 0.15) is 65.7 Å². The Morgan fingerprint density at radius 2 is 2.05 bits per heavy atom. The van der Waals surface area contributed by atoms with E-state index in [2.05, 4.69) is 39.0 Å². The molecule has 19 heavy (non-hydrogen) atoms. The first-order valence-electron chi connectivity index (χ1n) is 7.69. The fraction of sp³-hybridized carbons (Fsp3) is 0.667. The predicted octanol–water partition coefficient (Wildman–Crippen LogP) is 5.18. The van der Waals surface area contributed by atoms with Gasteiger partial charge in [-0.15, -0.1) is 0 Å². The Labute approximate surface area is 119 Å². The van der Waals surface area contributed by atoms with Gasteiger partial charge in [-0.2, -0.15) is 0 Å². The lowest BCUT2D eigenvalue weighted by Crippen LogP contribution is -2.09. The average molecular weight is 262 g/mol. The molecule has 1 atom stereocenters. The van der Waals surface area contributed by atoms with Crippen LogP contribution in [0.3, 0.4) is 0 Å². The van der Waals surface area contributed by atoms with Crippen molar-refractivity contribution in [2.24, 2.45) is 5.92 Å². The molecule has 0 aromatic heterocycles. The molecule has 1 heteroatoms. The molecule has 1 rings (SSSR count). The highest BCUT2D eigenvalue weighted by Gasteiger charge is 2.12. The number of allylic oxidation sites excluding steroid dienone is 6. The second-order valence-electron chi connectivity index (χ2n) is 6.09. The second-order valence-corrected chi connectivity index (χ2v) is 6.09. The van der Waals surface area contributed by atoms with Crippen molar-refractivity contribution in [2.75, 3.05) is 6.61 Å². The van der Waals surface area contributed by atoms with Crippen molar-refractivity contribution >= 4 is 0 Å². The smallest absolute Gasteiger partial charge is 0.0462 e. The molecule has 0 aromatic rings. The summed E-state index contributed by atoms with van der Waals surface area (Å²) in [4.78, 5) is 0. The predicted molar refractivity (Wildman–Crippen MR) is 84.2 cm³/mol. The SMILES string of the molecule is CC(C)=CCC/C(C)=C/CCC1=CCC(CO)CC1. The summed E-state index contributed by atoms with van der Waals surface area (Å²) < 4.78 is 0. The first kappa shape index (κ1) is 16.2. The number of aliphatic hydroxyl groups is 1. The molecule has 108 valence electrons. The van der Waals surface area contributed by atoms with Gasteiger partial charge in [-0.3, -0.25) is 0 Å². The van der Waals surface area contributed by atoms with Crippen LogP contribution in [0.25, 0.3) is 0 Å². The van der Waals surface area contributed by atoms with Crippen molar-refractivity contribution in [3.05, 3.63) is 34.9 Å². The molecule has 0 aliphatic heterocycles. The molecular weight excluding hydrogens is 232 g/mol. The fourth-order valence-electron chi connectivity index (χ4n) is 2.53. The molecule has 0 aromatic carbocycles. The molecule has 0 saturated heterocycles. The van der Waals surface area contributed by atoms with E-state index in [4.69, 9.17) is 5.11 Å². The molecule has 0 saturated carbocycles. The Kier molecular flexibility index (Phi) is 7.81. The highest BCUT2D eigenvalue weighted by Crippen LogP contribution is 2.26. The van der Waals surface area contributed by atoms with E-state index in [1.54, 1.807) is 5.57 Å². The van der Waals surface area contributed by atoms with Crippen LogP contribution in [0.15, 0.2) is 34.9 Å². The maximum Gasteiger partial charge on any atom is 0.0462 e. The third-order valence-corrected chi connectivity index (χ3v) is 3.92. The molecular formula is C18H30O. The zero-order valence-corrected chi connectivity index (χ0v) is 12.9. The minimum Gasteiger partial charge on any atom is -0.396 e. The number of rotatable bonds is 7. The molecule has 0 spiro atoms. The van der Waals surface area contributed by atoms with E-state index in [1.807, 2.05) is 0 Å². The van der Waals surface area contributed by atoms with E-state index in [0.717, 1.165) is 6.42 Å². The van der Waals surface area contributed by atoms with Crippen molar-refractivity contribution in [3.8, 4) is 0 Å². The lowest BCUT2D eigenvalue weighted by Gasteiger charge is -2.19. The van der Waals surface area contributed by atoms with Gasteiger partial charge in [0.1, 0.15) is 0 Å². The third-order valence-electron chi connectivity index (χ3n) is 3.92. The molecule has 1 N–H and O–H groups in total. The normalized spacial score (nSPS) is 20.1. The number of hydrogen-bond donors (Lipinski definition) is 1. The quantitative estimate of drug-likeness (QED) is 0.627. The average Bonchev–Trinajstić information content (AvgIpc) is 2.39. The van der Waals surface area contributed by atoms with E-state index in [-0.39, 0.29) is 0 Å². The lowest BCUT2D eigenvalue weighted by molar-refractivity contribution is 0.215. The monoisotopic (exact) mass is 262 g/mol. The van der Waals surface area contributed by atoms with Crippen LogP contribution >= 0.6 is 0 Å². The molecule has 0 radical (unpaired) electrons. The van der Waals surface area contributed by atoms with Crippen LogP contribution in [-0.4, -0.2) is 11.7 Å². The Morgan fingerprint density at radius 1 is 1.26 bits per heavy atom. The maximum absolute atomic E-state index is 9.10. The van der Waals surface area contributed by atoms with Crippen molar-refractivity contribution in [3.63, 3.8) is 0 Å². The summed E-state index contributed by atoms with van der Waals surface area (Å²) in [6.07, 6.45) is 15.3. The second kappa shape index (κ2) is 9.14. The summed E-state index contributed by atoms with van der Waals surface area (Å²) in [7, 11) is 0. The Hall–Kier alpha value is -0.820. The van der Waals surface area contributed by atoms with E-state index >= 15 is 0 Å². The van der Waals surface area contributed by atoms with Crippen LogP contribution < -0.4 is 0 Å². The molecule has 1 nitrogen and oxygen atoms in total. The summed E-state index contributed by atoms with van der Waals surface area (Å²) in [5.41, 5.74) is 4.53. The summed E-state index contributed by atoms with van der Waals surface area (Å²) >= 11 is 0. The van der Waals surface area contributed by atoms with Crippen LogP contribution in [0.2, 0.25) is 0 Å². The first-order valence-corrected chi connectivity index (χ1v) is 7.69. The molecule has 0 amide bonds. The topological polar surface area (TPSA) is 20.2 Å². The molecule has 1 aliphatic rings. The van der Waals surface area contributed by atoms with Gasteiger partial charge in [0.25, 0.3) is 0 Å². The standard InChI is InChI=1S/C18H30O/c1-15(2)6-4-7-16(3)8-5-9-17-10-12-18(14-19)13-11-17/h6,8,10,18-19H,4-5,7,9,11-14H2,1-3H3/b16-8+. The van der Waals surface area contributed by atoms with Gasteiger partial charge in [0.15, 0.2) is 0 Å². The van der Waals surface area contributed by atoms with Crippen LogP contribution in [0.4, 0.5) is 0 Å². The molecule has 1 aliphatic carbocycles. The maximum atomic E-state index is 9.10. The van der Waals surface area contributed by atoms with E-state index in [9.17, 15) is 0 Å². The minimum absolute atomic E-state index is 0.354. The van der Waals surface area contributed by atoms with Crippen molar-refractivity contribution in [2.45, 2.75) is 65.7 Å². The van der Waals surface area contributed by atoms with Crippen LogP contribution in [0, 0.1) is 5.92 Å². The molecule has 0 heterocycles. The van der Waals surface area contributed by atoms with Crippen molar-refractivity contribution in [1.82, 2.24) is 0 Å². The Morgan fingerprint density at radius 3 is 2.63 bits per heavy atom. The highest BCUT2D eigenvalue weighted by atomic mass is 16.3. The lowest BCUT2D eigenvalue weighted by atomic mass is 9.88.